The third-order valence-electron chi connectivity index (χ3n) is 4.44. The van der Waals surface area contributed by atoms with E-state index >= 15 is 0 Å². The molecule has 2 saturated heterocycles. The van der Waals surface area contributed by atoms with Crippen LogP contribution in [0.2, 0.25) is 0 Å². The van der Waals surface area contributed by atoms with Crippen molar-refractivity contribution in [2.45, 2.75) is 38.0 Å². The maximum absolute atomic E-state index is 13.6. The molecule has 0 radical (unpaired) electrons. The summed E-state index contributed by atoms with van der Waals surface area (Å²) in [4.78, 5) is 27.8. The first kappa shape index (κ1) is 15.0. The number of urea groups is 1. The van der Waals surface area contributed by atoms with Gasteiger partial charge < -0.3 is 4.74 Å². The summed E-state index contributed by atoms with van der Waals surface area (Å²) in [6.07, 6.45) is 2.09. The predicted molar refractivity (Wildman–Crippen MR) is 77.3 cm³/mol. The molecule has 0 N–H and O–H groups in total. The molecule has 2 atom stereocenters. The van der Waals surface area contributed by atoms with Crippen molar-refractivity contribution >= 4 is 11.9 Å². The molecule has 0 aliphatic carbocycles. The van der Waals surface area contributed by atoms with E-state index in [-0.39, 0.29) is 18.5 Å². The van der Waals surface area contributed by atoms with Crippen LogP contribution in [-0.2, 0) is 15.1 Å². The van der Waals surface area contributed by atoms with Gasteiger partial charge in [-0.1, -0.05) is 25.5 Å². The molecule has 2 aliphatic rings. The lowest BCUT2D eigenvalue weighted by Crippen LogP contribution is -2.46. The van der Waals surface area contributed by atoms with Crippen molar-refractivity contribution in [3.63, 3.8) is 0 Å². The number of benzene rings is 1. The Hall–Kier alpha value is -1.95. The van der Waals surface area contributed by atoms with Crippen molar-refractivity contribution < 1.29 is 18.7 Å². The van der Waals surface area contributed by atoms with E-state index in [9.17, 15) is 14.0 Å². The van der Waals surface area contributed by atoms with Crippen molar-refractivity contribution in [3.05, 3.63) is 35.6 Å². The number of carbonyl (C=O) groups is 2. The normalized spacial score (nSPS) is 27.7. The van der Waals surface area contributed by atoms with E-state index in [1.165, 1.54) is 24.1 Å². The van der Waals surface area contributed by atoms with E-state index in [0.29, 0.717) is 12.0 Å². The molecule has 22 heavy (non-hydrogen) atoms. The summed E-state index contributed by atoms with van der Waals surface area (Å²) < 4.78 is 19.4. The van der Waals surface area contributed by atoms with E-state index in [2.05, 4.69) is 6.92 Å². The highest BCUT2D eigenvalue weighted by Crippen LogP contribution is 2.44. The number of rotatable bonds is 4. The Morgan fingerprint density at radius 1 is 1.41 bits per heavy atom. The zero-order valence-electron chi connectivity index (χ0n) is 12.7. The van der Waals surface area contributed by atoms with Gasteiger partial charge in [-0.3, -0.25) is 14.6 Å². The van der Waals surface area contributed by atoms with Crippen molar-refractivity contribution in [2.24, 2.45) is 0 Å². The number of amides is 3. The standard InChI is InChI=1S/C16H19FN2O3/c1-3-4-8-13-19-15(21)18(2)14(20)16(19,10-22-13)11-6-5-7-12(17)9-11/h5-7,9,13H,3-4,8,10H2,1-2H3. The number of nitrogens with zero attached hydrogens (tertiary/aromatic N) is 2. The molecule has 0 bridgehead atoms. The Morgan fingerprint density at radius 3 is 2.86 bits per heavy atom. The van der Waals surface area contributed by atoms with Crippen LogP contribution in [0.1, 0.15) is 31.7 Å². The van der Waals surface area contributed by atoms with Gasteiger partial charge >= 0.3 is 6.03 Å². The minimum absolute atomic E-state index is 0.0692. The quantitative estimate of drug-likeness (QED) is 0.803. The van der Waals surface area contributed by atoms with E-state index in [1.54, 1.807) is 12.1 Å². The number of unbranched alkanes of at least 4 members (excludes halogenated alkanes) is 1. The summed E-state index contributed by atoms with van der Waals surface area (Å²) in [5.41, 5.74) is -0.763. The van der Waals surface area contributed by atoms with Crippen LogP contribution in [0.3, 0.4) is 0 Å². The lowest BCUT2D eigenvalue weighted by atomic mass is 9.89. The largest absolute Gasteiger partial charge is 0.355 e. The van der Waals surface area contributed by atoms with Gasteiger partial charge in [-0.05, 0) is 30.5 Å². The molecule has 6 heteroatoms. The summed E-state index contributed by atoms with van der Waals surface area (Å²) in [6.45, 7) is 2.12. The molecule has 5 nitrogen and oxygen atoms in total. The van der Waals surface area contributed by atoms with Crippen LogP contribution >= 0.6 is 0 Å². The average Bonchev–Trinajstić information content (AvgIpc) is 2.98. The third-order valence-corrected chi connectivity index (χ3v) is 4.44. The van der Waals surface area contributed by atoms with Gasteiger partial charge in [0.25, 0.3) is 5.91 Å². The summed E-state index contributed by atoms with van der Waals surface area (Å²) in [5.74, 6) is -0.791. The first-order valence-electron chi connectivity index (χ1n) is 7.51. The number of likely N-dealkylation sites (N-methyl/N-ethyl adjacent to an activating group) is 1. The number of hydrogen-bond acceptors (Lipinski definition) is 3. The van der Waals surface area contributed by atoms with Crippen LogP contribution in [0.5, 0.6) is 0 Å². The second-order valence-electron chi connectivity index (χ2n) is 5.80. The minimum Gasteiger partial charge on any atom is -0.355 e. The Morgan fingerprint density at radius 2 is 2.18 bits per heavy atom. The Labute approximate surface area is 128 Å². The fraction of sp³-hybridized carbons (Fsp3) is 0.500. The van der Waals surface area contributed by atoms with Crippen LogP contribution in [0.25, 0.3) is 0 Å². The van der Waals surface area contributed by atoms with E-state index in [4.69, 9.17) is 4.74 Å². The minimum atomic E-state index is -1.23. The molecule has 3 rings (SSSR count). The van der Waals surface area contributed by atoms with Gasteiger partial charge in [0.1, 0.15) is 12.0 Å². The van der Waals surface area contributed by atoms with Crippen molar-refractivity contribution in [1.82, 2.24) is 9.80 Å². The second kappa shape index (κ2) is 5.35. The first-order chi connectivity index (χ1) is 10.5. The van der Waals surface area contributed by atoms with Crippen LogP contribution < -0.4 is 0 Å². The summed E-state index contributed by atoms with van der Waals surface area (Å²) in [5, 5.41) is 0. The van der Waals surface area contributed by atoms with Gasteiger partial charge in [0.05, 0.1) is 6.61 Å². The molecule has 0 saturated carbocycles. The molecular formula is C16H19FN2O3. The molecular weight excluding hydrogens is 287 g/mol. The van der Waals surface area contributed by atoms with Gasteiger partial charge in [-0.15, -0.1) is 0 Å². The number of ether oxygens (including phenoxy) is 1. The molecule has 0 aromatic heterocycles. The number of carbonyl (C=O) groups excluding carboxylic acids is 2. The van der Waals surface area contributed by atoms with Gasteiger partial charge in [0, 0.05) is 7.05 Å². The highest BCUT2D eigenvalue weighted by Gasteiger charge is 2.63. The molecule has 0 spiro atoms. The topological polar surface area (TPSA) is 49.9 Å². The lowest BCUT2D eigenvalue weighted by Gasteiger charge is -2.29. The number of fused-ring (bicyclic) bond motifs is 1. The Bertz CT molecular complexity index is 621. The molecule has 3 amide bonds. The first-order valence-corrected chi connectivity index (χ1v) is 7.51. The fourth-order valence-corrected chi connectivity index (χ4v) is 3.27. The van der Waals surface area contributed by atoms with Crippen LogP contribution in [0.4, 0.5) is 9.18 Å². The lowest BCUT2D eigenvalue weighted by molar-refractivity contribution is -0.132. The fourth-order valence-electron chi connectivity index (χ4n) is 3.27. The number of imide groups is 1. The highest BCUT2D eigenvalue weighted by atomic mass is 19.1. The van der Waals surface area contributed by atoms with Crippen LogP contribution in [-0.4, -0.2) is 41.6 Å². The van der Waals surface area contributed by atoms with E-state index in [0.717, 1.165) is 17.7 Å². The molecule has 2 fully saturated rings. The van der Waals surface area contributed by atoms with Gasteiger partial charge in [-0.25, -0.2) is 9.18 Å². The van der Waals surface area contributed by atoms with Crippen molar-refractivity contribution in [3.8, 4) is 0 Å². The third kappa shape index (κ3) is 1.94. The zero-order valence-corrected chi connectivity index (χ0v) is 12.7. The summed E-state index contributed by atoms with van der Waals surface area (Å²) in [7, 11) is 1.46. The highest BCUT2D eigenvalue weighted by molar-refractivity contribution is 6.07. The number of hydrogen-bond donors (Lipinski definition) is 0. The van der Waals surface area contributed by atoms with Gasteiger partial charge in [-0.2, -0.15) is 0 Å². The van der Waals surface area contributed by atoms with Gasteiger partial charge in [0.15, 0.2) is 5.54 Å². The van der Waals surface area contributed by atoms with Gasteiger partial charge in [0.2, 0.25) is 0 Å². The summed E-state index contributed by atoms with van der Waals surface area (Å²) in [6, 6.07) is 5.47. The Kier molecular flexibility index (Phi) is 3.64. The number of halogens is 1. The molecule has 1 aromatic rings. The molecule has 1 aromatic carbocycles. The van der Waals surface area contributed by atoms with Crippen molar-refractivity contribution in [2.75, 3.05) is 13.7 Å². The molecule has 2 unspecified atom stereocenters. The SMILES string of the molecule is CCCCC1OCC2(c3cccc(F)c3)C(=O)N(C)C(=O)N12. The molecule has 2 heterocycles. The van der Waals surface area contributed by atoms with E-state index < -0.39 is 17.6 Å². The Balaban J connectivity index is 2.06. The summed E-state index contributed by atoms with van der Waals surface area (Å²) >= 11 is 0. The van der Waals surface area contributed by atoms with Crippen LogP contribution in [0.15, 0.2) is 24.3 Å². The average molecular weight is 306 g/mol. The molecule has 2 aliphatic heterocycles. The maximum Gasteiger partial charge on any atom is 0.329 e. The van der Waals surface area contributed by atoms with Crippen molar-refractivity contribution in [1.29, 1.82) is 0 Å². The maximum atomic E-state index is 13.6. The van der Waals surface area contributed by atoms with E-state index in [1.807, 2.05) is 0 Å². The monoisotopic (exact) mass is 306 g/mol. The van der Waals surface area contributed by atoms with Crippen LogP contribution in [0, 0.1) is 5.82 Å². The smallest absolute Gasteiger partial charge is 0.329 e. The zero-order chi connectivity index (χ0) is 15.9. The molecule has 118 valence electrons. The predicted octanol–water partition coefficient (Wildman–Crippen LogP) is 2.46. The second-order valence-corrected chi connectivity index (χ2v) is 5.80.